The number of imidazole rings is 1. The average molecular weight is 270 g/mol. The molecule has 5 heteroatoms. The van der Waals surface area contributed by atoms with Crippen molar-refractivity contribution in [2.45, 2.75) is 0 Å². The molecular weight excluding hydrogens is 258 g/mol. The number of fused-ring (bicyclic) bond motifs is 1. The molecule has 2 aromatic rings. The molecule has 4 nitrogen and oxygen atoms in total. The lowest BCUT2D eigenvalue weighted by Crippen LogP contribution is -2.08. The molecule has 0 spiro atoms. The zero-order chi connectivity index (χ0) is 10.7. The Morgan fingerprint density at radius 2 is 2.47 bits per heavy atom. The molecule has 0 saturated heterocycles. The second-order valence-electron chi connectivity index (χ2n) is 3.15. The monoisotopic (exact) mass is 269 g/mol. The van der Waals surface area contributed by atoms with Crippen LogP contribution in [0.25, 0.3) is 5.65 Å². The highest BCUT2D eigenvalue weighted by atomic mass is 79.9. The van der Waals surface area contributed by atoms with Crippen LogP contribution in [0.2, 0.25) is 0 Å². The quantitative estimate of drug-likeness (QED) is 0.865. The number of pyridine rings is 1. The molecule has 2 rings (SSSR count). The van der Waals surface area contributed by atoms with Crippen LogP contribution in [0.15, 0.2) is 29.1 Å². The predicted octanol–water partition coefficient (Wildman–Crippen LogP) is 2.16. The molecule has 2 aromatic heterocycles. The summed E-state index contributed by atoms with van der Waals surface area (Å²) >= 11 is 3.46. The summed E-state index contributed by atoms with van der Waals surface area (Å²) in [5.74, 6) is 0. The minimum absolute atomic E-state index is 0.680. The van der Waals surface area contributed by atoms with Gasteiger partial charge in [-0.2, -0.15) is 0 Å². The van der Waals surface area contributed by atoms with Gasteiger partial charge in [0.15, 0.2) is 5.65 Å². The molecule has 0 aliphatic heterocycles. The van der Waals surface area contributed by atoms with E-state index in [0.29, 0.717) is 6.61 Å². The van der Waals surface area contributed by atoms with Crippen LogP contribution in [-0.2, 0) is 4.74 Å². The van der Waals surface area contributed by atoms with E-state index in [1.54, 1.807) is 13.3 Å². The Labute approximate surface area is 96.4 Å². The summed E-state index contributed by atoms with van der Waals surface area (Å²) in [6.07, 6.45) is 5.68. The van der Waals surface area contributed by atoms with E-state index in [4.69, 9.17) is 4.74 Å². The molecule has 1 N–H and O–H groups in total. The molecule has 0 atom stereocenters. The topological polar surface area (TPSA) is 38.6 Å². The number of rotatable bonds is 4. The van der Waals surface area contributed by atoms with E-state index in [0.717, 1.165) is 22.4 Å². The van der Waals surface area contributed by atoms with Gasteiger partial charge in [0.2, 0.25) is 0 Å². The molecule has 0 aliphatic rings. The smallest absolute Gasteiger partial charge is 0.160 e. The van der Waals surface area contributed by atoms with Crippen molar-refractivity contribution < 1.29 is 4.74 Å². The fourth-order valence-corrected chi connectivity index (χ4v) is 1.87. The summed E-state index contributed by atoms with van der Waals surface area (Å²) in [7, 11) is 1.69. The van der Waals surface area contributed by atoms with Gasteiger partial charge in [-0.15, -0.1) is 0 Å². The standard InChI is InChI=1S/C10H12BrN3O/c1-15-5-3-12-9-6-8(11)7-14-4-2-13-10(9)14/h2,4,6-7,12H,3,5H2,1H3. The van der Waals surface area contributed by atoms with Gasteiger partial charge in [-0.3, -0.25) is 0 Å². The number of methoxy groups -OCH3 is 1. The second-order valence-corrected chi connectivity index (χ2v) is 4.07. The third kappa shape index (κ3) is 2.30. The minimum Gasteiger partial charge on any atom is -0.383 e. The number of halogens is 1. The highest BCUT2D eigenvalue weighted by Gasteiger charge is 2.03. The van der Waals surface area contributed by atoms with E-state index >= 15 is 0 Å². The zero-order valence-corrected chi connectivity index (χ0v) is 9.99. The van der Waals surface area contributed by atoms with Crippen molar-refractivity contribution in [1.29, 1.82) is 0 Å². The number of nitrogens with zero attached hydrogens (tertiary/aromatic N) is 2. The van der Waals surface area contributed by atoms with Crippen LogP contribution in [0.5, 0.6) is 0 Å². The van der Waals surface area contributed by atoms with Crippen molar-refractivity contribution >= 4 is 27.3 Å². The Morgan fingerprint density at radius 1 is 1.60 bits per heavy atom. The van der Waals surface area contributed by atoms with Crippen molar-refractivity contribution in [3.8, 4) is 0 Å². The first-order valence-electron chi connectivity index (χ1n) is 4.66. The summed E-state index contributed by atoms with van der Waals surface area (Å²) < 4.78 is 7.98. The van der Waals surface area contributed by atoms with E-state index < -0.39 is 0 Å². The Hall–Kier alpha value is -1.07. The molecular formula is C10H12BrN3O. The first kappa shape index (κ1) is 10.4. The van der Waals surface area contributed by atoms with Crippen LogP contribution in [0.3, 0.4) is 0 Å². The molecule has 0 unspecified atom stereocenters. The maximum Gasteiger partial charge on any atom is 0.160 e. The number of aromatic nitrogens is 2. The normalized spacial score (nSPS) is 10.8. The first-order valence-corrected chi connectivity index (χ1v) is 5.45. The number of hydrogen-bond donors (Lipinski definition) is 1. The Morgan fingerprint density at radius 3 is 3.27 bits per heavy atom. The van der Waals surface area contributed by atoms with Gasteiger partial charge in [-0.25, -0.2) is 4.98 Å². The Balaban J connectivity index is 2.27. The van der Waals surface area contributed by atoms with E-state index in [2.05, 4.69) is 26.2 Å². The number of hydrogen-bond acceptors (Lipinski definition) is 3. The van der Waals surface area contributed by atoms with Gasteiger partial charge in [0, 0.05) is 36.7 Å². The van der Waals surface area contributed by atoms with Gasteiger partial charge in [-0.05, 0) is 22.0 Å². The molecule has 0 aromatic carbocycles. The highest BCUT2D eigenvalue weighted by Crippen LogP contribution is 2.20. The summed E-state index contributed by atoms with van der Waals surface area (Å²) in [6, 6.07) is 2.01. The minimum atomic E-state index is 0.680. The zero-order valence-electron chi connectivity index (χ0n) is 8.40. The number of nitrogens with one attached hydrogen (secondary N) is 1. The lowest BCUT2D eigenvalue weighted by Gasteiger charge is -2.07. The SMILES string of the molecule is COCCNc1cc(Br)cn2ccnc12. The fourth-order valence-electron chi connectivity index (χ4n) is 1.42. The third-order valence-corrected chi connectivity index (χ3v) is 2.51. The highest BCUT2D eigenvalue weighted by molar-refractivity contribution is 9.10. The van der Waals surface area contributed by atoms with E-state index in [1.165, 1.54) is 0 Å². The largest absolute Gasteiger partial charge is 0.383 e. The van der Waals surface area contributed by atoms with Crippen LogP contribution in [0.1, 0.15) is 0 Å². The van der Waals surface area contributed by atoms with Crippen molar-refractivity contribution in [3.63, 3.8) is 0 Å². The van der Waals surface area contributed by atoms with Gasteiger partial charge < -0.3 is 14.5 Å². The van der Waals surface area contributed by atoms with Crippen molar-refractivity contribution in [2.75, 3.05) is 25.6 Å². The van der Waals surface area contributed by atoms with Crippen molar-refractivity contribution in [2.24, 2.45) is 0 Å². The predicted molar refractivity (Wildman–Crippen MR) is 63.3 cm³/mol. The van der Waals surface area contributed by atoms with Crippen LogP contribution in [0, 0.1) is 0 Å². The van der Waals surface area contributed by atoms with E-state index in [-0.39, 0.29) is 0 Å². The summed E-state index contributed by atoms with van der Waals surface area (Å²) in [5.41, 5.74) is 1.93. The molecule has 0 bridgehead atoms. The molecule has 80 valence electrons. The lowest BCUT2D eigenvalue weighted by atomic mass is 10.4. The second kappa shape index (κ2) is 4.63. The summed E-state index contributed by atoms with van der Waals surface area (Å²) in [4.78, 5) is 4.28. The third-order valence-electron chi connectivity index (χ3n) is 2.08. The summed E-state index contributed by atoms with van der Waals surface area (Å²) in [5, 5.41) is 3.28. The van der Waals surface area contributed by atoms with Crippen LogP contribution in [0.4, 0.5) is 5.69 Å². The van der Waals surface area contributed by atoms with Crippen LogP contribution >= 0.6 is 15.9 Å². The van der Waals surface area contributed by atoms with Crippen molar-refractivity contribution in [3.05, 3.63) is 29.1 Å². The molecule has 0 amide bonds. The van der Waals surface area contributed by atoms with E-state index in [9.17, 15) is 0 Å². The lowest BCUT2D eigenvalue weighted by molar-refractivity contribution is 0.211. The maximum atomic E-state index is 4.99. The van der Waals surface area contributed by atoms with Crippen molar-refractivity contribution in [1.82, 2.24) is 9.38 Å². The molecule has 0 aliphatic carbocycles. The molecule has 0 radical (unpaired) electrons. The number of ether oxygens (including phenoxy) is 1. The van der Waals surface area contributed by atoms with Gasteiger partial charge in [0.1, 0.15) is 0 Å². The molecule has 15 heavy (non-hydrogen) atoms. The van der Waals surface area contributed by atoms with Gasteiger partial charge in [0.05, 0.1) is 12.3 Å². The number of anilines is 1. The molecule has 0 fully saturated rings. The Kier molecular flexibility index (Phi) is 3.23. The Bertz CT molecular complexity index is 455. The van der Waals surface area contributed by atoms with Crippen LogP contribution in [-0.4, -0.2) is 29.6 Å². The van der Waals surface area contributed by atoms with Gasteiger partial charge in [0.25, 0.3) is 0 Å². The molecule has 2 heterocycles. The molecule has 0 saturated carbocycles. The van der Waals surface area contributed by atoms with Gasteiger partial charge in [-0.1, -0.05) is 0 Å². The van der Waals surface area contributed by atoms with Gasteiger partial charge >= 0.3 is 0 Å². The summed E-state index contributed by atoms with van der Waals surface area (Å²) in [6.45, 7) is 1.45. The first-order chi connectivity index (χ1) is 7.31. The average Bonchev–Trinajstić information content (AvgIpc) is 2.65. The fraction of sp³-hybridized carbons (Fsp3) is 0.300. The van der Waals surface area contributed by atoms with Crippen LogP contribution < -0.4 is 5.32 Å². The van der Waals surface area contributed by atoms with E-state index in [1.807, 2.05) is 22.9 Å². The maximum absolute atomic E-state index is 4.99.